The van der Waals surface area contributed by atoms with E-state index in [-0.39, 0.29) is 6.61 Å². The van der Waals surface area contributed by atoms with Crippen LogP contribution in [0.4, 0.5) is 0 Å². The van der Waals surface area contributed by atoms with E-state index < -0.39 is 17.8 Å². The predicted octanol–water partition coefficient (Wildman–Crippen LogP) is 2.16. The van der Waals surface area contributed by atoms with Crippen LogP contribution in [0.3, 0.4) is 0 Å². The number of carbonyl (C=O) groups is 2. The van der Waals surface area contributed by atoms with Gasteiger partial charge in [0, 0.05) is 0 Å². The minimum atomic E-state index is -0.859. The Morgan fingerprint density at radius 2 is 1.79 bits per heavy atom. The highest BCUT2D eigenvalue weighted by Crippen LogP contribution is 2.15. The van der Waals surface area contributed by atoms with Crippen molar-refractivity contribution in [1.29, 1.82) is 0 Å². The highest BCUT2D eigenvalue weighted by molar-refractivity contribution is 6.35. The van der Waals surface area contributed by atoms with Gasteiger partial charge in [0.25, 0.3) is 5.78 Å². The van der Waals surface area contributed by atoms with Crippen molar-refractivity contribution in [2.75, 3.05) is 0 Å². The quantitative estimate of drug-likeness (QED) is 0.630. The first-order valence-corrected chi connectivity index (χ1v) is 6.51. The Hall–Kier alpha value is -1.68. The average Bonchev–Trinajstić information content (AvgIpc) is 2.43. The zero-order valence-electron chi connectivity index (χ0n) is 11.7. The highest BCUT2D eigenvalue weighted by atomic mass is 16.5. The number of esters is 1. The van der Waals surface area contributed by atoms with Crippen molar-refractivity contribution < 1.29 is 14.3 Å². The highest BCUT2D eigenvalue weighted by Gasteiger charge is 2.21. The maximum Gasteiger partial charge on any atom is 0.376 e. The molecule has 0 spiro atoms. The van der Waals surface area contributed by atoms with Gasteiger partial charge in [-0.05, 0) is 23.5 Å². The molecular formula is C15H21NO3. The zero-order chi connectivity index (χ0) is 14.4. The standard InChI is InChI=1S/C15H21NO3/c1-4-13(16)14(17)15(18)19-9-11-5-7-12(8-6-11)10(2)3/h5-8,10,13H,4,9,16H2,1-3H3. The van der Waals surface area contributed by atoms with Gasteiger partial charge < -0.3 is 10.5 Å². The van der Waals surface area contributed by atoms with Crippen LogP contribution in [-0.2, 0) is 20.9 Å². The molecule has 0 amide bonds. The summed E-state index contributed by atoms with van der Waals surface area (Å²) < 4.78 is 4.94. The van der Waals surface area contributed by atoms with Crippen molar-refractivity contribution in [3.63, 3.8) is 0 Å². The van der Waals surface area contributed by atoms with Crippen LogP contribution >= 0.6 is 0 Å². The molecule has 2 N–H and O–H groups in total. The van der Waals surface area contributed by atoms with Gasteiger partial charge in [-0.25, -0.2) is 4.79 Å². The summed E-state index contributed by atoms with van der Waals surface area (Å²) in [4.78, 5) is 22.9. The zero-order valence-corrected chi connectivity index (χ0v) is 11.7. The van der Waals surface area contributed by atoms with E-state index in [4.69, 9.17) is 10.5 Å². The number of rotatable bonds is 6. The summed E-state index contributed by atoms with van der Waals surface area (Å²) in [5.41, 5.74) is 7.57. The van der Waals surface area contributed by atoms with E-state index in [2.05, 4.69) is 13.8 Å². The molecule has 1 unspecified atom stereocenters. The van der Waals surface area contributed by atoms with Crippen molar-refractivity contribution in [2.45, 2.75) is 45.8 Å². The number of hydrogen-bond donors (Lipinski definition) is 1. The number of benzene rings is 1. The van der Waals surface area contributed by atoms with E-state index in [1.807, 2.05) is 24.3 Å². The molecule has 1 aromatic rings. The molecule has 0 saturated carbocycles. The summed E-state index contributed by atoms with van der Waals surface area (Å²) in [6, 6.07) is 7.01. The van der Waals surface area contributed by atoms with Crippen LogP contribution in [0.2, 0.25) is 0 Å². The second-order valence-electron chi connectivity index (χ2n) is 4.85. The fourth-order valence-electron chi connectivity index (χ4n) is 1.56. The summed E-state index contributed by atoms with van der Waals surface area (Å²) in [5.74, 6) is -1.07. The largest absolute Gasteiger partial charge is 0.455 e. The van der Waals surface area contributed by atoms with E-state index in [1.54, 1.807) is 6.92 Å². The number of ether oxygens (including phenoxy) is 1. The molecule has 1 rings (SSSR count). The van der Waals surface area contributed by atoms with Crippen molar-refractivity contribution in [1.82, 2.24) is 0 Å². The number of hydrogen-bond acceptors (Lipinski definition) is 4. The summed E-state index contributed by atoms with van der Waals surface area (Å²) in [7, 11) is 0. The van der Waals surface area contributed by atoms with Gasteiger partial charge in [-0.15, -0.1) is 0 Å². The Kier molecular flexibility index (Phi) is 5.70. The minimum absolute atomic E-state index is 0.0966. The van der Waals surface area contributed by atoms with Crippen LogP contribution in [0.25, 0.3) is 0 Å². The Morgan fingerprint density at radius 1 is 1.21 bits per heavy atom. The monoisotopic (exact) mass is 263 g/mol. The second kappa shape index (κ2) is 7.04. The lowest BCUT2D eigenvalue weighted by Gasteiger charge is -2.09. The van der Waals surface area contributed by atoms with E-state index in [1.165, 1.54) is 5.56 Å². The van der Waals surface area contributed by atoms with Gasteiger partial charge in [0.2, 0.25) is 0 Å². The molecular weight excluding hydrogens is 242 g/mol. The second-order valence-corrected chi connectivity index (χ2v) is 4.85. The van der Waals surface area contributed by atoms with Crippen LogP contribution in [0.15, 0.2) is 24.3 Å². The van der Waals surface area contributed by atoms with Gasteiger partial charge in [-0.2, -0.15) is 0 Å². The van der Waals surface area contributed by atoms with Crippen molar-refractivity contribution in [2.24, 2.45) is 5.73 Å². The molecule has 19 heavy (non-hydrogen) atoms. The number of nitrogens with two attached hydrogens (primary N) is 1. The molecule has 0 fully saturated rings. The molecule has 0 heterocycles. The smallest absolute Gasteiger partial charge is 0.376 e. The average molecular weight is 263 g/mol. The fraction of sp³-hybridized carbons (Fsp3) is 0.467. The molecule has 4 heteroatoms. The third-order valence-electron chi connectivity index (χ3n) is 2.99. The first-order valence-electron chi connectivity index (χ1n) is 6.51. The molecule has 0 bridgehead atoms. The molecule has 104 valence electrons. The molecule has 0 aliphatic rings. The van der Waals surface area contributed by atoms with Crippen LogP contribution in [0.1, 0.15) is 44.2 Å². The molecule has 0 radical (unpaired) electrons. The Labute approximate surface area is 113 Å². The lowest BCUT2D eigenvalue weighted by atomic mass is 10.0. The maximum absolute atomic E-state index is 11.4. The van der Waals surface area contributed by atoms with Gasteiger partial charge in [-0.1, -0.05) is 45.0 Å². The van der Waals surface area contributed by atoms with Gasteiger partial charge in [-0.3, -0.25) is 4.79 Å². The van der Waals surface area contributed by atoms with Gasteiger partial charge in [0.05, 0.1) is 6.04 Å². The van der Waals surface area contributed by atoms with Crippen molar-refractivity contribution >= 4 is 11.8 Å². The lowest BCUT2D eigenvalue weighted by Crippen LogP contribution is -2.36. The first kappa shape index (κ1) is 15.4. The Bertz CT molecular complexity index is 437. The lowest BCUT2D eigenvalue weighted by molar-refractivity contribution is -0.155. The topological polar surface area (TPSA) is 69.4 Å². The number of carbonyl (C=O) groups excluding carboxylic acids is 2. The summed E-state index contributed by atoms with van der Waals surface area (Å²) in [5, 5.41) is 0. The maximum atomic E-state index is 11.4. The van der Waals surface area contributed by atoms with Crippen molar-refractivity contribution in [3.8, 4) is 0 Å². The van der Waals surface area contributed by atoms with E-state index in [9.17, 15) is 9.59 Å². The normalized spacial score (nSPS) is 12.3. The molecule has 0 aromatic heterocycles. The van der Waals surface area contributed by atoms with E-state index in [0.717, 1.165) is 5.56 Å². The van der Waals surface area contributed by atoms with Gasteiger partial charge in [0.15, 0.2) is 0 Å². The molecule has 1 atom stereocenters. The van der Waals surface area contributed by atoms with Crippen LogP contribution in [0.5, 0.6) is 0 Å². The van der Waals surface area contributed by atoms with Crippen molar-refractivity contribution in [3.05, 3.63) is 35.4 Å². The number of ketones is 1. The third kappa shape index (κ3) is 4.48. The summed E-state index contributed by atoms with van der Waals surface area (Å²) in [6.45, 7) is 6.07. The Morgan fingerprint density at radius 3 is 2.26 bits per heavy atom. The van der Waals surface area contributed by atoms with Crippen LogP contribution in [-0.4, -0.2) is 17.8 Å². The Balaban J connectivity index is 2.53. The minimum Gasteiger partial charge on any atom is -0.455 e. The van der Waals surface area contributed by atoms with Gasteiger partial charge in [0.1, 0.15) is 6.61 Å². The number of Topliss-reactive ketones (excluding diaryl/α,β-unsaturated/α-hetero) is 1. The third-order valence-corrected chi connectivity index (χ3v) is 2.99. The van der Waals surface area contributed by atoms with Crippen LogP contribution in [0, 0.1) is 0 Å². The first-order chi connectivity index (χ1) is 8.95. The molecule has 4 nitrogen and oxygen atoms in total. The molecule has 0 saturated heterocycles. The SMILES string of the molecule is CCC(N)C(=O)C(=O)OCc1ccc(C(C)C)cc1. The molecule has 0 aliphatic heterocycles. The fourth-order valence-corrected chi connectivity index (χ4v) is 1.56. The predicted molar refractivity (Wildman–Crippen MR) is 73.6 cm³/mol. The molecule has 0 aliphatic carbocycles. The molecule has 1 aromatic carbocycles. The van der Waals surface area contributed by atoms with E-state index >= 15 is 0 Å². The van der Waals surface area contributed by atoms with Gasteiger partial charge >= 0.3 is 5.97 Å². The summed E-state index contributed by atoms with van der Waals surface area (Å²) >= 11 is 0. The van der Waals surface area contributed by atoms with Crippen LogP contribution < -0.4 is 5.73 Å². The summed E-state index contributed by atoms with van der Waals surface area (Å²) in [6.07, 6.45) is 0.428. The van der Waals surface area contributed by atoms with E-state index in [0.29, 0.717) is 12.3 Å².